The van der Waals surface area contributed by atoms with Gasteiger partial charge in [0.1, 0.15) is 0 Å². The summed E-state index contributed by atoms with van der Waals surface area (Å²) in [6.07, 6.45) is 3.67. The highest BCUT2D eigenvalue weighted by atomic mass is 32.2. The molecule has 1 heterocycles. The van der Waals surface area contributed by atoms with Crippen LogP contribution in [0.3, 0.4) is 0 Å². The van der Waals surface area contributed by atoms with Gasteiger partial charge in [0.15, 0.2) is 5.96 Å². The Morgan fingerprint density at radius 1 is 1.31 bits per heavy atom. The fourth-order valence-electron chi connectivity index (χ4n) is 3.03. The molecule has 0 aromatic heterocycles. The summed E-state index contributed by atoms with van der Waals surface area (Å²) in [4.78, 5) is 6.85. The number of hydrogen-bond donors (Lipinski definition) is 3. The molecule has 0 radical (unpaired) electrons. The number of rotatable bonds is 7. The van der Waals surface area contributed by atoms with Crippen molar-refractivity contribution >= 4 is 16.0 Å². The fraction of sp³-hybridized carbons (Fsp3) is 0.611. The number of benzene rings is 1. The zero-order chi connectivity index (χ0) is 19.0. The summed E-state index contributed by atoms with van der Waals surface area (Å²) in [5.74, 6) is 1.57. The number of piperidine rings is 1. The monoisotopic (exact) mass is 381 g/mol. The highest BCUT2D eigenvalue weighted by molar-refractivity contribution is 7.89. The third-order valence-electron chi connectivity index (χ3n) is 4.73. The lowest BCUT2D eigenvalue weighted by Crippen LogP contribution is -2.39. The van der Waals surface area contributed by atoms with Crippen molar-refractivity contribution in [2.45, 2.75) is 37.6 Å². The van der Waals surface area contributed by atoms with E-state index >= 15 is 0 Å². The highest BCUT2D eigenvalue weighted by Crippen LogP contribution is 2.15. The highest BCUT2D eigenvalue weighted by Gasteiger charge is 2.14. The first-order chi connectivity index (χ1) is 12.4. The van der Waals surface area contributed by atoms with E-state index < -0.39 is 10.0 Å². The molecule has 1 aromatic carbocycles. The van der Waals surface area contributed by atoms with Crippen LogP contribution in [0.4, 0.5) is 0 Å². The number of aliphatic imine (C=N–C) groups is 1. The second kappa shape index (κ2) is 9.89. The Morgan fingerprint density at radius 3 is 2.69 bits per heavy atom. The number of guanidine groups is 1. The van der Waals surface area contributed by atoms with Crippen LogP contribution in [-0.2, 0) is 16.6 Å². The van der Waals surface area contributed by atoms with E-state index in [-0.39, 0.29) is 4.90 Å². The van der Waals surface area contributed by atoms with Gasteiger partial charge in [-0.15, -0.1) is 0 Å². The molecule has 1 aliphatic rings. The lowest BCUT2D eigenvalue weighted by molar-refractivity contribution is 0.191. The third-order valence-corrected chi connectivity index (χ3v) is 5.64. The van der Waals surface area contributed by atoms with Gasteiger partial charge in [0.05, 0.1) is 4.90 Å². The van der Waals surface area contributed by atoms with Crippen molar-refractivity contribution in [1.29, 1.82) is 0 Å². The lowest BCUT2D eigenvalue weighted by Gasteiger charge is -2.30. The number of sulfonamides is 1. The van der Waals surface area contributed by atoms with Gasteiger partial charge in [-0.25, -0.2) is 13.6 Å². The maximum atomic E-state index is 11.4. The number of nitrogens with one attached hydrogen (secondary N) is 2. The Balaban J connectivity index is 1.71. The maximum Gasteiger partial charge on any atom is 0.238 e. The van der Waals surface area contributed by atoms with Crippen LogP contribution in [0, 0.1) is 5.92 Å². The second-order valence-corrected chi connectivity index (χ2v) is 8.48. The van der Waals surface area contributed by atoms with Gasteiger partial charge in [0.25, 0.3) is 0 Å². The molecule has 26 heavy (non-hydrogen) atoms. The minimum absolute atomic E-state index is 0.121. The number of nitrogens with two attached hydrogens (primary N) is 1. The molecule has 0 aliphatic carbocycles. The van der Waals surface area contributed by atoms with Crippen molar-refractivity contribution in [3.05, 3.63) is 29.8 Å². The first kappa shape index (κ1) is 20.7. The SMILES string of the molecule is CN=C(NCCCN1CCC(C)CC1)NCc1cccc(S(N)(=O)=O)c1. The molecule has 0 amide bonds. The van der Waals surface area contributed by atoms with Gasteiger partial charge in [0.2, 0.25) is 10.0 Å². The van der Waals surface area contributed by atoms with E-state index in [1.165, 1.54) is 32.0 Å². The Morgan fingerprint density at radius 2 is 2.04 bits per heavy atom. The van der Waals surface area contributed by atoms with Crippen LogP contribution in [0.2, 0.25) is 0 Å². The molecule has 1 fully saturated rings. The van der Waals surface area contributed by atoms with Crippen LogP contribution in [0.15, 0.2) is 34.2 Å². The third kappa shape index (κ3) is 6.93. The van der Waals surface area contributed by atoms with Crippen LogP contribution in [-0.4, -0.2) is 52.5 Å². The van der Waals surface area contributed by atoms with Gasteiger partial charge in [-0.1, -0.05) is 19.1 Å². The van der Waals surface area contributed by atoms with Gasteiger partial charge in [-0.05, 0) is 62.5 Å². The van der Waals surface area contributed by atoms with Gasteiger partial charge >= 0.3 is 0 Å². The summed E-state index contributed by atoms with van der Waals surface area (Å²) in [5, 5.41) is 11.7. The average Bonchev–Trinajstić information content (AvgIpc) is 2.62. The second-order valence-electron chi connectivity index (χ2n) is 6.92. The molecule has 146 valence electrons. The van der Waals surface area contributed by atoms with E-state index in [0.717, 1.165) is 31.0 Å². The zero-order valence-corrected chi connectivity index (χ0v) is 16.6. The molecule has 8 heteroatoms. The molecule has 0 bridgehead atoms. The van der Waals surface area contributed by atoms with Crippen molar-refractivity contribution in [3.63, 3.8) is 0 Å². The number of hydrogen-bond acceptors (Lipinski definition) is 4. The van der Waals surface area contributed by atoms with Crippen LogP contribution < -0.4 is 15.8 Å². The summed E-state index contributed by atoms with van der Waals surface area (Å²) in [6.45, 7) is 7.17. The average molecular weight is 382 g/mol. The summed E-state index contributed by atoms with van der Waals surface area (Å²) >= 11 is 0. The summed E-state index contributed by atoms with van der Waals surface area (Å²) in [5.41, 5.74) is 0.835. The summed E-state index contributed by atoms with van der Waals surface area (Å²) in [7, 11) is -1.96. The predicted molar refractivity (Wildman–Crippen MR) is 105 cm³/mol. The Kier molecular flexibility index (Phi) is 7.86. The molecule has 2 rings (SSSR count). The molecule has 7 nitrogen and oxygen atoms in total. The topological polar surface area (TPSA) is 99.8 Å². The van der Waals surface area contributed by atoms with Crippen molar-refractivity contribution in [2.24, 2.45) is 16.0 Å². The molecule has 1 saturated heterocycles. The Labute approximate surface area is 157 Å². The van der Waals surface area contributed by atoms with Gasteiger partial charge in [0, 0.05) is 20.1 Å². The normalized spacial score (nSPS) is 17.3. The summed E-state index contributed by atoms with van der Waals surface area (Å²) in [6, 6.07) is 6.61. The van der Waals surface area contributed by atoms with E-state index in [1.54, 1.807) is 19.2 Å². The van der Waals surface area contributed by atoms with Crippen LogP contribution in [0.5, 0.6) is 0 Å². The quantitative estimate of drug-likeness (QED) is 0.373. The first-order valence-corrected chi connectivity index (χ1v) is 10.7. The lowest BCUT2D eigenvalue weighted by atomic mass is 9.99. The molecule has 0 atom stereocenters. The van der Waals surface area contributed by atoms with Gasteiger partial charge in [-0.3, -0.25) is 4.99 Å². The first-order valence-electron chi connectivity index (χ1n) is 9.17. The van der Waals surface area contributed by atoms with E-state index in [0.29, 0.717) is 12.5 Å². The van der Waals surface area contributed by atoms with Crippen molar-refractivity contribution in [2.75, 3.05) is 33.2 Å². The van der Waals surface area contributed by atoms with Gasteiger partial charge < -0.3 is 15.5 Å². The molecular weight excluding hydrogens is 350 g/mol. The minimum Gasteiger partial charge on any atom is -0.356 e. The van der Waals surface area contributed by atoms with E-state index in [9.17, 15) is 8.42 Å². The van der Waals surface area contributed by atoms with E-state index in [4.69, 9.17) is 5.14 Å². The Bertz CT molecular complexity index is 697. The molecule has 0 spiro atoms. The molecule has 4 N–H and O–H groups in total. The maximum absolute atomic E-state index is 11.4. The minimum atomic E-state index is -3.68. The number of nitrogens with zero attached hydrogens (tertiary/aromatic N) is 2. The standard InChI is InChI=1S/C18H31N5O2S/c1-15-7-11-23(12-8-15)10-4-9-21-18(20-2)22-14-16-5-3-6-17(13-16)26(19,24)25/h3,5-6,13,15H,4,7-12,14H2,1-2H3,(H2,19,24,25)(H2,20,21,22). The molecular formula is C18H31N5O2S. The van der Waals surface area contributed by atoms with Crippen molar-refractivity contribution < 1.29 is 8.42 Å². The molecule has 1 aliphatic heterocycles. The van der Waals surface area contributed by atoms with Crippen molar-refractivity contribution in [3.8, 4) is 0 Å². The van der Waals surface area contributed by atoms with Crippen LogP contribution in [0.1, 0.15) is 31.7 Å². The largest absolute Gasteiger partial charge is 0.356 e. The zero-order valence-electron chi connectivity index (χ0n) is 15.7. The number of likely N-dealkylation sites (tertiary alicyclic amines) is 1. The molecule has 1 aromatic rings. The smallest absolute Gasteiger partial charge is 0.238 e. The fourth-order valence-corrected chi connectivity index (χ4v) is 3.62. The van der Waals surface area contributed by atoms with Crippen LogP contribution in [0.25, 0.3) is 0 Å². The predicted octanol–water partition coefficient (Wildman–Crippen LogP) is 1.12. The molecule has 0 saturated carbocycles. The van der Waals surface area contributed by atoms with E-state index in [1.807, 2.05) is 6.07 Å². The van der Waals surface area contributed by atoms with Crippen molar-refractivity contribution in [1.82, 2.24) is 15.5 Å². The van der Waals surface area contributed by atoms with Gasteiger partial charge in [-0.2, -0.15) is 0 Å². The van der Waals surface area contributed by atoms with Crippen LogP contribution >= 0.6 is 0 Å². The Hall–Kier alpha value is -1.64. The number of primary sulfonamides is 1. The van der Waals surface area contributed by atoms with E-state index in [2.05, 4.69) is 27.4 Å². The summed E-state index contributed by atoms with van der Waals surface area (Å²) < 4.78 is 22.8. The molecule has 0 unspecified atom stereocenters.